The summed E-state index contributed by atoms with van der Waals surface area (Å²) in [5.41, 5.74) is 3.42. The van der Waals surface area contributed by atoms with Crippen molar-refractivity contribution in [3.63, 3.8) is 0 Å². The van der Waals surface area contributed by atoms with Crippen molar-refractivity contribution in [2.75, 3.05) is 38.3 Å². The molecule has 2 aliphatic heterocycles. The third-order valence-electron chi connectivity index (χ3n) is 6.58. The number of hydrogen-bond donors (Lipinski definition) is 1. The predicted octanol–water partition coefficient (Wildman–Crippen LogP) is 3.92. The van der Waals surface area contributed by atoms with E-state index >= 15 is 0 Å². The zero-order chi connectivity index (χ0) is 24.4. The van der Waals surface area contributed by atoms with E-state index in [1.807, 2.05) is 43.3 Å². The van der Waals surface area contributed by atoms with Crippen LogP contribution in [0.3, 0.4) is 0 Å². The van der Waals surface area contributed by atoms with E-state index in [1.165, 1.54) is 4.90 Å². The molecule has 0 aromatic heterocycles. The minimum atomic E-state index is -0.690. The molecule has 180 valence electrons. The number of aliphatic hydroxyl groups excluding tert-OH is 1. The third-order valence-corrected chi connectivity index (χ3v) is 6.58. The van der Waals surface area contributed by atoms with Crippen LogP contribution in [-0.4, -0.2) is 61.2 Å². The van der Waals surface area contributed by atoms with Gasteiger partial charge in [0, 0.05) is 44.4 Å². The number of ketones is 1. The number of methoxy groups -OCH3 is 1. The maximum atomic E-state index is 13.1. The van der Waals surface area contributed by atoms with Crippen molar-refractivity contribution in [3.05, 3.63) is 64.7 Å². The van der Waals surface area contributed by atoms with Crippen LogP contribution in [0, 0.1) is 0 Å². The highest BCUT2D eigenvalue weighted by atomic mass is 16.5. The SMILES string of the molecule is CCN(CC)c1ccc(C2/C(=C(/O)c3ccc4c(c3)CC(C)O4)C(=O)C(=O)N2CCOC)cc1. The summed E-state index contributed by atoms with van der Waals surface area (Å²) in [6, 6.07) is 12.5. The van der Waals surface area contributed by atoms with Crippen LogP contribution in [0.1, 0.15) is 43.5 Å². The number of amides is 1. The Kier molecular flexibility index (Phi) is 6.93. The number of carbonyl (C=O) groups is 2. The molecule has 0 aliphatic carbocycles. The molecule has 0 bridgehead atoms. The standard InChI is InChI=1S/C27H32N2O5/c1-5-28(6-2)21-10-7-18(8-11-21)24-23(26(31)27(32)29(24)13-14-33-4)25(30)19-9-12-22-20(16-19)15-17(3)34-22/h7-12,16-17,24,30H,5-6,13-15H2,1-4H3/b25-23-. The molecule has 0 saturated carbocycles. The summed E-state index contributed by atoms with van der Waals surface area (Å²) < 4.78 is 10.9. The van der Waals surface area contributed by atoms with Gasteiger partial charge in [0.15, 0.2) is 0 Å². The van der Waals surface area contributed by atoms with Gasteiger partial charge in [-0.25, -0.2) is 0 Å². The first kappa shape index (κ1) is 23.8. The van der Waals surface area contributed by atoms with Crippen LogP contribution in [-0.2, 0) is 20.7 Å². The van der Waals surface area contributed by atoms with E-state index in [9.17, 15) is 14.7 Å². The average Bonchev–Trinajstić information content (AvgIpc) is 3.34. The third kappa shape index (κ3) is 4.28. The Balaban J connectivity index is 1.79. The lowest BCUT2D eigenvalue weighted by atomic mass is 9.94. The van der Waals surface area contributed by atoms with Gasteiger partial charge in [-0.1, -0.05) is 12.1 Å². The minimum Gasteiger partial charge on any atom is -0.507 e. The average molecular weight is 465 g/mol. The largest absolute Gasteiger partial charge is 0.507 e. The molecule has 4 rings (SSSR count). The first-order valence-electron chi connectivity index (χ1n) is 11.8. The normalized spacial score (nSPS) is 21.0. The zero-order valence-electron chi connectivity index (χ0n) is 20.2. The Morgan fingerprint density at radius 3 is 2.50 bits per heavy atom. The lowest BCUT2D eigenvalue weighted by Crippen LogP contribution is -2.32. The first-order chi connectivity index (χ1) is 16.4. The number of ether oxygens (including phenoxy) is 2. The van der Waals surface area contributed by atoms with Gasteiger partial charge < -0.3 is 24.4 Å². The Labute approximate surface area is 200 Å². The van der Waals surface area contributed by atoms with Gasteiger partial charge in [-0.2, -0.15) is 0 Å². The monoisotopic (exact) mass is 464 g/mol. The highest BCUT2D eigenvalue weighted by molar-refractivity contribution is 6.46. The first-order valence-corrected chi connectivity index (χ1v) is 11.8. The minimum absolute atomic E-state index is 0.0661. The molecule has 2 heterocycles. The van der Waals surface area contributed by atoms with Crippen LogP contribution in [0.2, 0.25) is 0 Å². The number of benzene rings is 2. The van der Waals surface area contributed by atoms with E-state index in [0.29, 0.717) is 5.56 Å². The zero-order valence-corrected chi connectivity index (χ0v) is 20.2. The van der Waals surface area contributed by atoms with Gasteiger partial charge in [-0.3, -0.25) is 9.59 Å². The maximum Gasteiger partial charge on any atom is 0.295 e. The molecular formula is C27H32N2O5. The van der Waals surface area contributed by atoms with Crippen LogP contribution >= 0.6 is 0 Å². The second kappa shape index (κ2) is 9.89. The van der Waals surface area contributed by atoms with Gasteiger partial charge in [0.05, 0.1) is 18.2 Å². The lowest BCUT2D eigenvalue weighted by Gasteiger charge is -2.26. The Bertz CT molecular complexity index is 1100. The molecule has 1 N–H and O–H groups in total. The number of Topliss-reactive ketones (excluding diaryl/α,β-unsaturated/α-hetero) is 1. The number of nitrogens with zero attached hydrogens (tertiary/aromatic N) is 2. The van der Waals surface area contributed by atoms with Gasteiger partial charge in [-0.05, 0) is 62.2 Å². The van der Waals surface area contributed by atoms with Crippen molar-refractivity contribution in [3.8, 4) is 5.75 Å². The summed E-state index contributed by atoms with van der Waals surface area (Å²) >= 11 is 0. The summed E-state index contributed by atoms with van der Waals surface area (Å²) in [5.74, 6) is -0.697. The molecule has 0 spiro atoms. The molecule has 7 heteroatoms. The van der Waals surface area contributed by atoms with Crippen LogP contribution in [0.15, 0.2) is 48.0 Å². The van der Waals surface area contributed by atoms with E-state index in [-0.39, 0.29) is 30.6 Å². The number of anilines is 1. The summed E-state index contributed by atoms with van der Waals surface area (Å²) in [6.45, 7) is 8.47. The van der Waals surface area contributed by atoms with Crippen molar-refractivity contribution in [2.45, 2.75) is 39.3 Å². The van der Waals surface area contributed by atoms with Crippen molar-refractivity contribution in [1.82, 2.24) is 4.90 Å². The lowest BCUT2D eigenvalue weighted by molar-refractivity contribution is -0.140. The molecular weight excluding hydrogens is 432 g/mol. The number of fused-ring (bicyclic) bond motifs is 1. The molecule has 1 saturated heterocycles. The van der Waals surface area contributed by atoms with E-state index in [0.717, 1.165) is 42.1 Å². The fraction of sp³-hybridized carbons (Fsp3) is 0.407. The highest BCUT2D eigenvalue weighted by Crippen LogP contribution is 2.40. The van der Waals surface area contributed by atoms with E-state index in [2.05, 4.69) is 18.7 Å². The van der Waals surface area contributed by atoms with Crippen molar-refractivity contribution >= 4 is 23.1 Å². The van der Waals surface area contributed by atoms with Gasteiger partial charge in [0.1, 0.15) is 17.6 Å². The number of rotatable bonds is 8. The van der Waals surface area contributed by atoms with Gasteiger partial charge >= 0.3 is 0 Å². The molecule has 2 aliphatic rings. The molecule has 2 aromatic carbocycles. The smallest absolute Gasteiger partial charge is 0.295 e. The van der Waals surface area contributed by atoms with Crippen LogP contribution in [0.4, 0.5) is 5.69 Å². The van der Waals surface area contributed by atoms with Crippen LogP contribution in [0.25, 0.3) is 5.76 Å². The van der Waals surface area contributed by atoms with E-state index in [4.69, 9.17) is 9.47 Å². The number of carbonyl (C=O) groups excluding carboxylic acids is 2. The Hall–Kier alpha value is -3.32. The summed E-state index contributed by atoms with van der Waals surface area (Å²) in [6.07, 6.45) is 0.797. The number of hydrogen-bond acceptors (Lipinski definition) is 6. The molecule has 1 amide bonds. The molecule has 1 fully saturated rings. The Morgan fingerprint density at radius 1 is 1.15 bits per heavy atom. The van der Waals surface area contributed by atoms with Crippen molar-refractivity contribution in [1.29, 1.82) is 0 Å². The van der Waals surface area contributed by atoms with E-state index in [1.54, 1.807) is 13.2 Å². The van der Waals surface area contributed by atoms with Crippen molar-refractivity contribution in [2.24, 2.45) is 0 Å². The van der Waals surface area contributed by atoms with E-state index < -0.39 is 17.7 Å². The fourth-order valence-corrected chi connectivity index (χ4v) is 4.83. The van der Waals surface area contributed by atoms with Gasteiger partial charge in [-0.15, -0.1) is 0 Å². The predicted molar refractivity (Wildman–Crippen MR) is 131 cm³/mol. The number of likely N-dealkylation sites (tertiary alicyclic amines) is 1. The number of aliphatic hydroxyl groups is 1. The molecule has 34 heavy (non-hydrogen) atoms. The maximum absolute atomic E-state index is 13.1. The van der Waals surface area contributed by atoms with Crippen LogP contribution in [0.5, 0.6) is 5.75 Å². The second-order valence-corrected chi connectivity index (χ2v) is 8.70. The molecule has 0 radical (unpaired) electrons. The summed E-state index contributed by atoms with van der Waals surface area (Å²) in [7, 11) is 1.55. The summed E-state index contributed by atoms with van der Waals surface area (Å²) in [4.78, 5) is 29.8. The molecule has 7 nitrogen and oxygen atoms in total. The fourth-order valence-electron chi connectivity index (χ4n) is 4.83. The van der Waals surface area contributed by atoms with Gasteiger partial charge in [0.2, 0.25) is 0 Å². The van der Waals surface area contributed by atoms with Gasteiger partial charge in [0.25, 0.3) is 11.7 Å². The highest BCUT2D eigenvalue weighted by Gasteiger charge is 2.46. The quantitative estimate of drug-likeness (QED) is 0.362. The molecule has 2 atom stereocenters. The second-order valence-electron chi connectivity index (χ2n) is 8.70. The molecule has 2 unspecified atom stereocenters. The molecule has 2 aromatic rings. The Morgan fingerprint density at radius 2 is 1.85 bits per heavy atom. The van der Waals surface area contributed by atoms with Crippen molar-refractivity contribution < 1.29 is 24.2 Å². The summed E-state index contributed by atoms with van der Waals surface area (Å²) in [5, 5.41) is 11.3. The van der Waals surface area contributed by atoms with Crippen LogP contribution < -0.4 is 9.64 Å². The topological polar surface area (TPSA) is 79.3 Å².